The molecule has 1 aromatic rings. The number of methoxy groups -OCH3 is 2. The highest BCUT2D eigenvalue weighted by molar-refractivity contribution is 6.15. The number of ether oxygens (including phenoxy) is 2. The van der Waals surface area contributed by atoms with Gasteiger partial charge in [-0.25, -0.2) is 0 Å². The van der Waals surface area contributed by atoms with Gasteiger partial charge in [0.25, 0.3) is 0 Å². The lowest BCUT2D eigenvalue weighted by atomic mass is 9.68. The number of hydrogen-bond acceptors (Lipinski definition) is 4. The van der Waals surface area contributed by atoms with Crippen LogP contribution in [0.15, 0.2) is 12.1 Å². The maximum atomic E-state index is 12.5. The molecule has 1 spiro atoms. The first-order valence-corrected chi connectivity index (χ1v) is 6.95. The molecule has 0 bridgehead atoms. The first kappa shape index (κ1) is 13.2. The van der Waals surface area contributed by atoms with Crippen LogP contribution in [0.2, 0.25) is 0 Å². The normalized spacial score (nSPS) is 20.1. The Morgan fingerprint density at radius 2 is 1.70 bits per heavy atom. The van der Waals surface area contributed by atoms with E-state index in [-0.39, 0.29) is 11.6 Å². The predicted molar refractivity (Wildman–Crippen MR) is 73.4 cm³/mol. The van der Waals surface area contributed by atoms with Gasteiger partial charge >= 0.3 is 0 Å². The molecule has 0 amide bonds. The Labute approximate surface area is 118 Å². The maximum Gasteiger partial charge on any atom is 0.151 e. The molecule has 0 heterocycles. The molecule has 0 aromatic heterocycles. The van der Waals surface area contributed by atoms with Crippen molar-refractivity contribution in [2.24, 2.45) is 0 Å². The summed E-state index contributed by atoms with van der Waals surface area (Å²) in [6, 6.07) is 3.68. The summed E-state index contributed by atoms with van der Waals surface area (Å²) in [5.74, 6) is 1.40. The summed E-state index contributed by atoms with van der Waals surface area (Å²) in [5.41, 5.74) is 0.839. The molecule has 4 heteroatoms. The summed E-state index contributed by atoms with van der Waals surface area (Å²) >= 11 is 0. The van der Waals surface area contributed by atoms with Crippen molar-refractivity contribution in [3.05, 3.63) is 23.3 Å². The van der Waals surface area contributed by atoms with Crippen LogP contribution in [0, 0.1) is 0 Å². The van der Waals surface area contributed by atoms with Gasteiger partial charge in [-0.1, -0.05) is 0 Å². The third-order valence-electron chi connectivity index (χ3n) is 4.57. The van der Waals surface area contributed by atoms with E-state index in [1.165, 1.54) is 0 Å². The zero-order valence-corrected chi connectivity index (χ0v) is 11.8. The van der Waals surface area contributed by atoms with Crippen molar-refractivity contribution in [1.82, 2.24) is 0 Å². The molecule has 1 fully saturated rings. The molecular formula is C16H18O4. The fourth-order valence-electron chi connectivity index (χ4n) is 3.60. The molecule has 0 saturated heterocycles. The van der Waals surface area contributed by atoms with Crippen LogP contribution in [0.3, 0.4) is 0 Å². The van der Waals surface area contributed by atoms with Crippen molar-refractivity contribution in [3.8, 4) is 11.5 Å². The number of aryl methyl sites for hydroxylation is 1. The van der Waals surface area contributed by atoms with E-state index in [2.05, 4.69) is 0 Å². The minimum Gasteiger partial charge on any atom is -0.497 e. The maximum absolute atomic E-state index is 12.5. The summed E-state index contributed by atoms with van der Waals surface area (Å²) in [6.45, 7) is 0. The van der Waals surface area contributed by atoms with Gasteiger partial charge in [-0.3, -0.25) is 9.59 Å². The van der Waals surface area contributed by atoms with Gasteiger partial charge in [0.2, 0.25) is 0 Å². The number of benzene rings is 1. The topological polar surface area (TPSA) is 52.6 Å². The van der Waals surface area contributed by atoms with Crippen LogP contribution >= 0.6 is 0 Å². The van der Waals surface area contributed by atoms with Gasteiger partial charge in [-0.15, -0.1) is 0 Å². The molecule has 0 N–H and O–H groups in total. The van der Waals surface area contributed by atoms with Gasteiger partial charge in [0.05, 0.1) is 14.2 Å². The highest BCUT2D eigenvalue weighted by atomic mass is 16.5. The van der Waals surface area contributed by atoms with E-state index in [0.29, 0.717) is 37.2 Å². The lowest BCUT2D eigenvalue weighted by molar-refractivity contribution is -0.138. The monoisotopic (exact) mass is 274 g/mol. The third kappa shape index (κ3) is 1.60. The summed E-state index contributed by atoms with van der Waals surface area (Å²) in [4.78, 5) is 25.0. The lowest BCUT2D eigenvalue weighted by Gasteiger charge is -2.32. The van der Waals surface area contributed by atoms with E-state index in [0.717, 1.165) is 17.5 Å². The van der Waals surface area contributed by atoms with Crippen molar-refractivity contribution >= 4 is 11.6 Å². The SMILES string of the molecule is COc1cc2c(c(OC)c1)C1(CC2)C(=O)CCCC1=O. The van der Waals surface area contributed by atoms with Crippen LogP contribution in [-0.4, -0.2) is 25.8 Å². The Morgan fingerprint density at radius 1 is 1.00 bits per heavy atom. The van der Waals surface area contributed by atoms with Crippen molar-refractivity contribution in [3.63, 3.8) is 0 Å². The minimum atomic E-state index is -0.953. The van der Waals surface area contributed by atoms with Crippen LogP contribution in [0.25, 0.3) is 0 Å². The number of rotatable bonds is 2. The van der Waals surface area contributed by atoms with Gasteiger partial charge in [0.15, 0.2) is 11.6 Å². The minimum absolute atomic E-state index is 0.0518. The fraction of sp³-hybridized carbons (Fsp3) is 0.500. The van der Waals surface area contributed by atoms with E-state index in [9.17, 15) is 9.59 Å². The van der Waals surface area contributed by atoms with Crippen LogP contribution in [0.1, 0.15) is 36.8 Å². The predicted octanol–water partition coefficient (Wildman–Crippen LogP) is 2.21. The Bertz CT molecular complexity index is 572. The largest absolute Gasteiger partial charge is 0.497 e. The van der Waals surface area contributed by atoms with Crippen LogP contribution in [-0.2, 0) is 21.4 Å². The Balaban J connectivity index is 2.22. The van der Waals surface area contributed by atoms with Gasteiger partial charge in [0.1, 0.15) is 16.9 Å². The highest BCUT2D eigenvalue weighted by Gasteiger charge is 2.53. The number of carbonyl (C=O) groups excluding carboxylic acids is 2. The third-order valence-corrected chi connectivity index (χ3v) is 4.57. The van der Waals surface area contributed by atoms with E-state index in [1.807, 2.05) is 6.07 Å². The molecule has 4 nitrogen and oxygen atoms in total. The van der Waals surface area contributed by atoms with E-state index < -0.39 is 5.41 Å². The summed E-state index contributed by atoms with van der Waals surface area (Å²) in [5, 5.41) is 0. The number of Topliss-reactive ketones (excluding diaryl/α,β-unsaturated/α-hetero) is 2. The average Bonchev–Trinajstić information content (AvgIpc) is 2.84. The second kappa shape index (κ2) is 4.62. The smallest absolute Gasteiger partial charge is 0.151 e. The molecule has 2 aliphatic rings. The van der Waals surface area contributed by atoms with E-state index >= 15 is 0 Å². The quantitative estimate of drug-likeness (QED) is 0.776. The second-order valence-corrected chi connectivity index (χ2v) is 5.47. The molecule has 106 valence electrons. The molecule has 0 atom stereocenters. The highest BCUT2D eigenvalue weighted by Crippen LogP contribution is 2.50. The Kier molecular flexibility index (Phi) is 3.04. The van der Waals surface area contributed by atoms with Gasteiger partial charge in [-0.2, -0.15) is 0 Å². The molecule has 1 saturated carbocycles. The summed E-state index contributed by atoms with van der Waals surface area (Å²) < 4.78 is 10.7. The van der Waals surface area contributed by atoms with Gasteiger partial charge in [-0.05, 0) is 30.9 Å². The van der Waals surface area contributed by atoms with Crippen molar-refractivity contribution < 1.29 is 19.1 Å². The van der Waals surface area contributed by atoms with Gasteiger partial charge < -0.3 is 9.47 Å². The van der Waals surface area contributed by atoms with E-state index in [4.69, 9.17) is 9.47 Å². The van der Waals surface area contributed by atoms with Crippen LogP contribution < -0.4 is 9.47 Å². The standard InChI is InChI=1S/C16H18O4/c1-19-11-8-10-6-7-16(15(10)12(9-11)20-2)13(17)4-3-5-14(16)18/h8-9H,3-7H2,1-2H3. The molecular weight excluding hydrogens is 256 g/mol. The lowest BCUT2D eigenvalue weighted by Crippen LogP contribution is -2.45. The summed E-state index contributed by atoms with van der Waals surface area (Å²) in [7, 11) is 3.17. The number of ketones is 2. The molecule has 0 unspecified atom stereocenters. The molecule has 1 aromatic carbocycles. The molecule has 0 radical (unpaired) electrons. The van der Waals surface area contributed by atoms with E-state index in [1.54, 1.807) is 20.3 Å². The first-order chi connectivity index (χ1) is 9.63. The fourth-order valence-corrected chi connectivity index (χ4v) is 3.60. The number of hydrogen-bond donors (Lipinski definition) is 0. The summed E-state index contributed by atoms with van der Waals surface area (Å²) in [6.07, 6.45) is 2.94. The van der Waals surface area contributed by atoms with Gasteiger partial charge in [0, 0.05) is 24.5 Å². The molecule has 2 aliphatic carbocycles. The zero-order chi connectivity index (χ0) is 14.3. The van der Waals surface area contributed by atoms with Crippen LogP contribution in [0.4, 0.5) is 0 Å². The van der Waals surface area contributed by atoms with Crippen molar-refractivity contribution in [1.29, 1.82) is 0 Å². The first-order valence-electron chi connectivity index (χ1n) is 6.95. The Morgan fingerprint density at radius 3 is 2.30 bits per heavy atom. The zero-order valence-electron chi connectivity index (χ0n) is 11.8. The Hall–Kier alpha value is -1.84. The number of carbonyl (C=O) groups is 2. The van der Waals surface area contributed by atoms with Crippen molar-refractivity contribution in [2.75, 3.05) is 14.2 Å². The second-order valence-electron chi connectivity index (χ2n) is 5.47. The van der Waals surface area contributed by atoms with Crippen LogP contribution in [0.5, 0.6) is 11.5 Å². The van der Waals surface area contributed by atoms with Crippen molar-refractivity contribution in [2.45, 2.75) is 37.5 Å². The number of fused-ring (bicyclic) bond motifs is 2. The molecule has 0 aliphatic heterocycles. The molecule has 20 heavy (non-hydrogen) atoms. The average molecular weight is 274 g/mol. The molecule has 3 rings (SSSR count).